The molecule has 0 radical (unpaired) electrons. The van der Waals surface area contributed by atoms with E-state index >= 15 is 0 Å². The first kappa shape index (κ1) is 26.2. The molecule has 0 heterocycles. The van der Waals surface area contributed by atoms with Gasteiger partial charge in [-0.05, 0) is 47.4 Å². The van der Waals surface area contributed by atoms with Gasteiger partial charge in [0.15, 0.2) is 0 Å². The van der Waals surface area contributed by atoms with Crippen LogP contribution in [0, 0.1) is 0 Å². The number of aliphatic hydroxyl groups excluding tert-OH is 1. The molecule has 0 aromatic heterocycles. The molecule has 1 unspecified atom stereocenters. The van der Waals surface area contributed by atoms with Crippen LogP contribution in [0.15, 0.2) is 72.8 Å². The van der Waals surface area contributed by atoms with E-state index < -0.39 is 16.1 Å². The van der Waals surface area contributed by atoms with Gasteiger partial charge in [0.1, 0.15) is 5.75 Å². The van der Waals surface area contributed by atoms with Crippen molar-refractivity contribution in [1.82, 2.24) is 10.2 Å². The molecule has 0 aliphatic heterocycles. The van der Waals surface area contributed by atoms with Gasteiger partial charge in [0.05, 0.1) is 18.0 Å². The molecule has 3 aromatic carbocycles. The predicted molar refractivity (Wildman–Crippen MR) is 137 cm³/mol. The van der Waals surface area contributed by atoms with E-state index in [9.17, 15) is 23.4 Å². The number of hydrogen-bond acceptors (Lipinski definition) is 6. The lowest BCUT2D eigenvalue weighted by molar-refractivity contribution is 0.0827. The Morgan fingerprint density at radius 3 is 2.20 bits per heavy atom. The molecule has 0 spiro atoms. The molecule has 0 fully saturated rings. The zero-order chi connectivity index (χ0) is 25.6. The highest BCUT2D eigenvalue weighted by atomic mass is 32.2. The molecule has 0 aliphatic rings. The highest BCUT2D eigenvalue weighted by Gasteiger charge is 2.18. The number of carbonyl (C=O) groups excluding carboxylic acids is 1. The number of sulfonamides is 1. The lowest BCUT2D eigenvalue weighted by Gasteiger charge is -2.22. The number of rotatable bonds is 10. The maximum absolute atomic E-state index is 12.2. The highest BCUT2D eigenvalue weighted by Crippen LogP contribution is 2.28. The van der Waals surface area contributed by atoms with Gasteiger partial charge in [-0.15, -0.1) is 0 Å². The van der Waals surface area contributed by atoms with Crippen LogP contribution in [0.3, 0.4) is 0 Å². The smallest absolute Gasteiger partial charge is 0.253 e. The number of phenols is 1. The van der Waals surface area contributed by atoms with Crippen LogP contribution in [-0.4, -0.2) is 56.3 Å². The van der Waals surface area contributed by atoms with Crippen molar-refractivity contribution < 1.29 is 23.4 Å². The van der Waals surface area contributed by atoms with Gasteiger partial charge in [-0.3, -0.25) is 9.52 Å². The second-order valence-corrected chi connectivity index (χ2v) is 10.4. The lowest BCUT2D eigenvalue weighted by Crippen LogP contribution is -2.28. The number of nitrogens with zero attached hydrogens (tertiary/aromatic N) is 1. The summed E-state index contributed by atoms with van der Waals surface area (Å²) in [7, 11) is -0.176. The van der Waals surface area contributed by atoms with Gasteiger partial charge < -0.3 is 20.4 Å². The van der Waals surface area contributed by atoms with Crippen molar-refractivity contribution >= 4 is 21.6 Å². The van der Waals surface area contributed by atoms with Gasteiger partial charge in [0.25, 0.3) is 5.91 Å². The second kappa shape index (κ2) is 11.4. The molecule has 0 bridgehead atoms. The minimum Gasteiger partial charge on any atom is -0.506 e. The van der Waals surface area contributed by atoms with E-state index in [-0.39, 0.29) is 29.9 Å². The fourth-order valence-corrected chi connectivity index (χ4v) is 4.25. The first-order valence-corrected chi connectivity index (χ1v) is 13.0. The third kappa shape index (κ3) is 7.54. The summed E-state index contributed by atoms with van der Waals surface area (Å²) in [5, 5.41) is 24.1. The number of benzene rings is 3. The molecule has 8 nitrogen and oxygen atoms in total. The summed E-state index contributed by atoms with van der Waals surface area (Å²) >= 11 is 0. The molecule has 0 aliphatic carbocycles. The molecule has 0 saturated carbocycles. The molecular formula is C26H31N3O5S. The van der Waals surface area contributed by atoms with E-state index in [2.05, 4.69) is 10.0 Å². The standard InChI is InChI=1S/C26H31N3O5S/c1-29(2)26(32)20-11-9-19(10-12-20)22(15-18-7-5-4-6-8-18)27-17-25(31)21-13-14-24(30)23(16-21)28-35(3,33)34/h4-14,16,22,25,27-28,30-31H,15,17H2,1-3H3/t22-,25?/m1/s1. The van der Waals surface area contributed by atoms with Gasteiger partial charge in [-0.2, -0.15) is 0 Å². The van der Waals surface area contributed by atoms with Gasteiger partial charge in [0, 0.05) is 32.2 Å². The number of amides is 1. The predicted octanol–water partition coefficient (Wildman–Crippen LogP) is 3.07. The quantitative estimate of drug-likeness (QED) is 0.320. The van der Waals surface area contributed by atoms with Gasteiger partial charge in [-0.1, -0.05) is 48.5 Å². The van der Waals surface area contributed by atoms with Crippen LogP contribution in [0.4, 0.5) is 5.69 Å². The lowest BCUT2D eigenvalue weighted by atomic mass is 9.97. The molecule has 186 valence electrons. The van der Waals surface area contributed by atoms with Gasteiger partial charge in [-0.25, -0.2) is 8.42 Å². The van der Waals surface area contributed by atoms with Crippen LogP contribution in [0.1, 0.15) is 39.2 Å². The minimum absolute atomic E-state index is 0.00559. The van der Waals surface area contributed by atoms with Crippen LogP contribution in [0.25, 0.3) is 0 Å². The average Bonchev–Trinajstić information content (AvgIpc) is 2.82. The number of aromatic hydroxyl groups is 1. The highest BCUT2D eigenvalue weighted by molar-refractivity contribution is 7.92. The zero-order valence-electron chi connectivity index (χ0n) is 20.0. The summed E-state index contributed by atoms with van der Waals surface area (Å²) in [5.74, 6) is -0.306. The summed E-state index contributed by atoms with van der Waals surface area (Å²) in [6.45, 7) is 0.180. The monoisotopic (exact) mass is 497 g/mol. The number of aliphatic hydroxyl groups is 1. The molecule has 35 heavy (non-hydrogen) atoms. The van der Waals surface area contributed by atoms with Crippen molar-refractivity contribution in [2.24, 2.45) is 0 Å². The maximum Gasteiger partial charge on any atom is 0.253 e. The summed E-state index contributed by atoms with van der Waals surface area (Å²) in [5.41, 5.74) is 3.11. The Labute approximate surface area is 206 Å². The first-order chi connectivity index (χ1) is 16.5. The number of anilines is 1. The van der Waals surface area contributed by atoms with E-state index in [1.165, 1.54) is 17.0 Å². The molecular weight excluding hydrogens is 466 g/mol. The third-order valence-electron chi connectivity index (χ3n) is 5.51. The maximum atomic E-state index is 12.2. The van der Waals surface area contributed by atoms with E-state index in [0.717, 1.165) is 17.4 Å². The fourth-order valence-electron chi connectivity index (χ4n) is 3.69. The zero-order valence-corrected chi connectivity index (χ0v) is 20.8. The number of hydrogen-bond donors (Lipinski definition) is 4. The van der Waals surface area contributed by atoms with Crippen LogP contribution in [-0.2, 0) is 16.4 Å². The molecule has 3 rings (SSSR count). The summed E-state index contributed by atoms with van der Waals surface area (Å²) in [6, 6.07) is 21.5. The Balaban J connectivity index is 1.79. The van der Waals surface area contributed by atoms with Gasteiger partial charge >= 0.3 is 0 Å². The average molecular weight is 498 g/mol. The molecule has 1 amide bonds. The Kier molecular flexibility index (Phi) is 8.50. The Morgan fingerprint density at radius 1 is 0.971 bits per heavy atom. The largest absolute Gasteiger partial charge is 0.506 e. The normalized spacial score (nSPS) is 13.1. The van der Waals surface area contributed by atoms with Crippen molar-refractivity contribution in [2.45, 2.75) is 18.6 Å². The van der Waals surface area contributed by atoms with Crippen LogP contribution >= 0.6 is 0 Å². The molecule has 9 heteroatoms. The Bertz CT molecular complexity index is 1250. The Morgan fingerprint density at radius 2 is 1.60 bits per heavy atom. The van der Waals surface area contributed by atoms with Gasteiger partial charge in [0.2, 0.25) is 10.0 Å². The van der Waals surface area contributed by atoms with Crippen LogP contribution in [0.2, 0.25) is 0 Å². The van der Waals surface area contributed by atoms with E-state index in [4.69, 9.17) is 0 Å². The summed E-state index contributed by atoms with van der Waals surface area (Å²) in [6.07, 6.45) is 0.691. The topological polar surface area (TPSA) is 119 Å². The van der Waals surface area contributed by atoms with E-state index in [0.29, 0.717) is 17.5 Å². The van der Waals surface area contributed by atoms with Crippen molar-refractivity contribution in [2.75, 3.05) is 31.6 Å². The summed E-state index contributed by atoms with van der Waals surface area (Å²) < 4.78 is 25.4. The number of carbonyl (C=O) groups is 1. The van der Waals surface area contributed by atoms with Crippen LogP contribution < -0.4 is 10.0 Å². The van der Waals surface area contributed by atoms with Crippen molar-refractivity contribution in [3.63, 3.8) is 0 Å². The molecule has 4 N–H and O–H groups in total. The fraction of sp³-hybridized carbons (Fsp3) is 0.269. The van der Waals surface area contributed by atoms with E-state index in [1.54, 1.807) is 32.3 Å². The third-order valence-corrected chi connectivity index (χ3v) is 6.10. The van der Waals surface area contributed by atoms with Crippen molar-refractivity contribution in [1.29, 1.82) is 0 Å². The second-order valence-electron chi connectivity index (χ2n) is 8.64. The minimum atomic E-state index is -3.59. The van der Waals surface area contributed by atoms with E-state index in [1.807, 2.05) is 42.5 Å². The van der Waals surface area contributed by atoms with Crippen molar-refractivity contribution in [3.05, 3.63) is 95.1 Å². The molecule has 2 atom stereocenters. The SMILES string of the molecule is CN(C)C(=O)c1ccc([C@@H](Cc2ccccc2)NCC(O)c2ccc(O)c(NS(C)(=O)=O)c2)cc1. The molecule has 3 aromatic rings. The summed E-state index contributed by atoms with van der Waals surface area (Å²) in [4.78, 5) is 13.8. The van der Waals surface area contributed by atoms with Crippen molar-refractivity contribution in [3.8, 4) is 5.75 Å². The number of phenolic OH excluding ortho intramolecular Hbond substituents is 1. The van der Waals surface area contributed by atoms with Crippen LogP contribution in [0.5, 0.6) is 5.75 Å². The first-order valence-electron chi connectivity index (χ1n) is 11.1. The molecule has 0 saturated heterocycles. The number of nitrogens with one attached hydrogen (secondary N) is 2. The Hall–Kier alpha value is -3.40.